The molecule has 0 spiro atoms. The molecule has 5 heteroatoms. The topological polar surface area (TPSA) is 59.8 Å². The zero-order valence-electron chi connectivity index (χ0n) is 14.6. The van der Waals surface area contributed by atoms with E-state index < -0.39 is 0 Å². The van der Waals surface area contributed by atoms with Gasteiger partial charge in [0.1, 0.15) is 0 Å². The number of carbonyl (C=O) groups excluding carboxylic acids is 1. The molecule has 2 aromatic heterocycles. The van der Waals surface area contributed by atoms with Gasteiger partial charge in [0.25, 0.3) is 5.91 Å². The molecular formula is C22H18N4O. The van der Waals surface area contributed by atoms with Crippen molar-refractivity contribution in [3.8, 4) is 16.9 Å². The lowest BCUT2D eigenvalue weighted by Gasteiger charge is -2.05. The molecule has 132 valence electrons. The number of para-hydroxylation sites is 1. The van der Waals surface area contributed by atoms with E-state index in [9.17, 15) is 4.79 Å². The summed E-state index contributed by atoms with van der Waals surface area (Å²) >= 11 is 0. The SMILES string of the molecule is O=C(NCc1cn(-c2ccccc2)nc1-c1ccccc1)c1cccnc1. The Hall–Kier alpha value is -3.73. The second kappa shape index (κ2) is 7.66. The monoisotopic (exact) mass is 354 g/mol. The maximum absolute atomic E-state index is 12.4. The second-order valence-electron chi connectivity index (χ2n) is 6.07. The number of benzene rings is 2. The maximum atomic E-state index is 12.4. The summed E-state index contributed by atoms with van der Waals surface area (Å²) in [6.07, 6.45) is 5.16. The quantitative estimate of drug-likeness (QED) is 0.592. The van der Waals surface area contributed by atoms with E-state index in [2.05, 4.69) is 10.3 Å². The van der Waals surface area contributed by atoms with Gasteiger partial charge in [-0.05, 0) is 24.3 Å². The van der Waals surface area contributed by atoms with Gasteiger partial charge in [-0.3, -0.25) is 9.78 Å². The molecular weight excluding hydrogens is 336 g/mol. The predicted molar refractivity (Wildman–Crippen MR) is 104 cm³/mol. The van der Waals surface area contributed by atoms with Crippen molar-refractivity contribution in [2.45, 2.75) is 6.54 Å². The van der Waals surface area contributed by atoms with Crippen LogP contribution in [0.25, 0.3) is 16.9 Å². The molecule has 1 N–H and O–H groups in total. The Kier molecular flexibility index (Phi) is 4.74. The van der Waals surface area contributed by atoms with Crippen molar-refractivity contribution in [2.24, 2.45) is 0 Å². The van der Waals surface area contributed by atoms with Gasteiger partial charge in [0, 0.05) is 36.3 Å². The number of hydrogen-bond donors (Lipinski definition) is 1. The number of nitrogens with one attached hydrogen (secondary N) is 1. The fourth-order valence-electron chi connectivity index (χ4n) is 2.87. The summed E-state index contributed by atoms with van der Waals surface area (Å²) in [6, 6.07) is 23.4. The predicted octanol–water partition coefficient (Wildman–Crippen LogP) is 3.86. The van der Waals surface area contributed by atoms with Crippen molar-refractivity contribution in [1.29, 1.82) is 0 Å². The summed E-state index contributed by atoms with van der Waals surface area (Å²) in [7, 11) is 0. The van der Waals surface area contributed by atoms with Gasteiger partial charge in [0.05, 0.1) is 16.9 Å². The van der Waals surface area contributed by atoms with Gasteiger partial charge in [-0.2, -0.15) is 5.10 Å². The minimum Gasteiger partial charge on any atom is -0.348 e. The first-order chi connectivity index (χ1) is 13.3. The van der Waals surface area contributed by atoms with Crippen LogP contribution in [0.2, 0.25) is 0 Å². The van der Waals surface area contributed by atoms with Crippen LogP contribution in [-0.2, 0) is 6.54 Å². The van der Waals surface area contributed by atoms with Crippen molar-refractivity contribution in [2.75, 3.05) is 0 Å². The molecule has 2 aromatic carbocycles. The van der Waals surface area contributed by atoms with E-state index in [4.69, 9.17) is 5.10 Å². The van der Waals surface area contributed by atoms with E-state index in [0.29, 0.717) is 12.1 Å². The third-order valence-corrected chi connectivity index (χ3v) is 4.22. The number of hydrogen-bond acceptors (Lipinski definition) is 3. The highest BCUT2D eigenvalue weighted by atomic mass is 16.1. The summed E-state index contributed by atoms with van der Waals surface area (Å²) in [6.45, 7) is 0.380. The average molecular weight is 354 g/mol. The van der Waals surface area contributed by atoms with E-state index in [1.807, 2.05) is 71.5 Å². The molecule has 5 nitrogen and oxygen atoms in total. The minimum absolute atomic E-state index is 0.158. The summed E-state index contributed by atoms with van der Waals surface area (Å²) in [5.41, 5.74) is 4.32. The highest BCUT2D eigenvalue weighted by Crippen LogP contribution is 2.23. The summed E-state index contributed by atoms with van der Waals surface area (Å²) in [5, 5.41) is 7.71. The van der Waals surface area contributed by atoms with Crippen molar-refractivity contribution in [1.82, 2.24) is 20.1 Å². The molecule has 0 unspecified atom stereocenters. The summed E-state index contributed by atoms with van der Waals surface area (Å²) < 4.78 is 1.84. The normalized spacial score (nSPS) is 10.5. The van der Waals surface area contributed by atoms with Crippen LogP contribution in [0.5, 0.6) is 0 Å². The molecule has 1 amide bonds. The standard InChI is InChI=1S/C22H18N4O/c27-22(18-10-7-13-23-14-18)24-15-19-16-26(20-11-5-2-6-12-20)25-21(19)17-8-3-1-4-9-17/h1-14,16H,15H2,(H,24,27). The van der Waals surface area contributed by atoms with Gasteiger partial charge in [0.15, 0.2) is 0 Å². The van der Waals surface area contributed by atoms with Gasteiger partial charge in [-0.25, -0.2) is 4.68 Å². The fourth-order valence-corrected chi connectivity index (χ4v) is 2.87. The van der Waals surface area contributed by atoms with Gasteiger partial charge < -0.3 is 5.32 Å². The number of carbonyl (C=O) groups is 1. The third kappa shape index (κ3) is 3.77. The first-order valence-corrected chi connectivity index (χ1v) is 8.69. The number of nitrogens with zero attached hydrogens (tertiary/aromatic N) is 3. The van der Waals surface area contributed by atoms with Crippen molar-refractivity contribution >= 4 is 5.91 Å². The lowest BCUT2D eigenvalue weighted by molar-refractivity contribution is 0.0950. The van der Waals surface area contributed by atoms with Crippen LogP contribution in [-0.4, -0.2) is 20.7 Å². The van der Waals surface area contributed by atoms with E-state index in [1.165, 1.54) is 0 Å². The Bertz CT molecular complexity index is 1030. The van der Waals surface area contributed by atoms with Crippen LogP contribution in [0.1, 0.15) is 15.9 Å². The molecule has 0 atom stereocenters. The number of aromatic nitrogens is 3. The van der Waals surface area contributed by atoms with Gasteiger partial charge >= 0.3 is 0 Å². The fraction of sp³-hybridized carbons (Fsp3) is 0.0455. The number of amides is 1. The first-order valence-electron chi connectivity index (χ1n) is 8.69. The smallest absolute Gasteiger partial charge is 0.253 e. The first kappa shape index (κ1) is 16.7. The zero-order chi connectivity index (χ0) is 18.5. The Morgan fingerprint density at radius 1 is 0.926 bits per heavy atom. The average Bonchev–Trinajstić information content (AvgIpc) is 3.18. The van der Waals surface area contributed by atoms with Crippen LogP contribution < -0.4 is 5.32 Å². The Morgan fingerprint density at radius 3 is 2.37 bits per heavy atom. The second-order valence-corrected chi connectivity index (χ2v) is 6.07. The molecule has 0 saturated heterocycles. The van der Waals surface area contributed by atoms with Gasteiger partial charge in [-0.15, -0.1) is 0 Å². The molecule has 0 aliphatic rings. The van der Waals surface area contributed by atoms with Crippen molar-refractivity contribution < 1.29 is 4.79 Å². The molecule has 0 radical (unpaired) electrons. The lowest BCUT2D eigenvalue weighted by atomic mass is 10.1. The van der Waals surface area contributed by atoms with Crippen LogP contribution in [0.15, 0.2) is 91.4 Å². The van der Waals surface area contributed by atoms with Crippen LogP contribution in [0.3, 0.4) is 0 Å². The van der Waals surface area contributed by atoms with Crippen LogP contribution in [0, 0.1) is 0 Å². The molecule has 0 saturated carbocycles. The zero-order valence-corrected chi connectivity index (χ0v) is 14.6. The molecule has 0 bridgehead atoms. The Labute approximate surface area is 157 Å². The molecule has 4 aromatic rings. The molecule has 0 aliphatic heterocycles. The molecule has 0 fully saturated rings. The van der Waals surface area contributed by atoms with Crippen LogP contribution >= 0.6 is 0 Å². The van der Waals surface area contributed by atoms with E-state index in [-0.39, 0.29) is 5.91 Å². The van der Waals surface area contributed by atoms with Crippen molar-refractivity contribution in [3.05, 3.63) is 103 Å². The van der Waals surface area contributed by atoms with Crippen LogP contribution in [0.4, 0.5) is 0 Å². The highest BCUT2D eigenvalue weighted by Gasteiger charge is 2.13. The highest BCUT2D eigenvalue weighted by molar-refractivity contribution is 5.93. The summed E-state index contributed by atoms with van der Waals surface area (Å²) in [5.74, 6) is -0.158. The molecule has 0 aliphatic carbocycles. The van der Waals surface area contributed by atoms with E-state index in [0.717, 1.165) is 22.5 Å². The molecule has 2 heterocycles. The minimum atomic E-state index is -0.158. The molecule has 4 rings (SSSR count). The maximum Gasteiger partial charge on any atom is 0.253 e. The Balaban J connectivity index is 1.64. The van der Waals surface area contributed by atoms with E-state index in [1.54, 1.807) is 24.5 Å². The lowest BCUT2D eigenvalue weighted by Crippen LogP contribution is -2.22. The van der Waals surface area contributed by atoms with Crippen molar-refractivity contribution in [3.63, 3.8) is 0 Å². The molecule has 27 heavy (non-hydrogen) atoms. The number of rotatable bonds is 5. The number of pyridine rings is 1. The Morgan fingerprint density at radius 2 is 1.67 bits per heavy atom. The van der Waals surface area contributed by atoms with E-state index >= 15 is 0 Å². The van der Waals surface area contributed by atoms with Gasteiger partial charge in [-0.1, -0.05) is 48.5 Å². The third-order valence-electron chi connectivity index (χ3n) is 4.22. The van der Waals surface area contributed by atoms with Gasteiger partial charge in [0.2, 0.25) is 0 Å². The largest absolute Gasteiger partial charge is 0.348 e. The summed E-state index contributed by atoms with van der Waals surface area (Å²) in [4.78, 5) is 16.4.